The number of benzene rings is 1. The highest BCUT2D eigenvalue weighted by Gasteiger charge is 2.37. The van der Waals surface area contributed by atoms with Crippen molar-refractivity contribution < 1.29 is 35.4 Å². The molecule has 7 atom stereocenters. The van der Waals surface area contributed by atoms with Gasteiger partial charge in [0.1, 0.15) is 24.0 Å². The minimum absolute atomic E-state index is 0. The van der Waals surface area contributed by atoms with Crippen LogP contribution in [0.4, 0.5) is 17.1 Å². The van der Waals surface area contributed by atoms with Crippen LogP contribution in [-0.2, 0) is 0 Å². The van der Waals surface area contributed by atoms with Gasteiger partial charge in [-0.3, -0.25) is 20.2 Å². The first-order chi connectivity index (χ1) is 21.0. The summed E-state index contributed by atoms with van der Waals surface area (Å²) in [4.78, 5) is 21.6. The summed E-state index contributed by atoms with van der Waals surface area (Å²) in [5.41, 5.74) is 0.214. The lowest BCUT2D eigenvalue weighted by molar-refractivity contribution is -0.393. The molecule has 278 valence electrons. The maximum absolute atomic E-state index is 11.8. The fourth-order valence-electron chi connectivity index (χ4n) is 6.03. The number of hydrogen-bond donors (Lipinski definition) is 7. The van der Waals surface area contributed by atoms with E-state index in [1.165, 1.54) is 37.8 Å². The summed E-state index contributed by atoms with van der Waals surface area (Å²) >= 11 is 0. The lowest BCUT2D eigenvalue weighted by atomic mass is 9.87. The molecule has 2 aliphatic rings. The first kappa shape index (κ1) is 48.6. The standard InChI is InChI=1S/C31H48N4O9.4H2S/c1-20-11-9-7-5-3-2-4-6-8-10-12-21(20)16-28(37)26(18-32-25-15-22(19-36)29(38)31(40)30(25)39)33-24-14-13-23(34(41)42)17-27(24)35(43)44;;;;/h13-17,20,25-26,28-33,36-40H,2-12,18-19H2,1H3;4*1H2/b21-16-;;;;/t20?,25?,26?,28-,29?,30+,31?;;;;/m1..../s1. The molecule has 48 heavy (non-hydrogen) atoms. The number of aliphatic hydroxyl groups excluding tert-OH is 5. The first-order valence-electron chi connectivity index (χ1n) is 15.7. The van der Waals surface area contributed by atoms with E-state index < -0.39 is 64.3 Å². The fourth-order valence-corrected chi connectivity index (χ4v) is 6.03. The van der Waals surface area contributed by atoms with Crippen molar-refractivity contribution in [2.75, 3.05) is 18.5 Å². The maximum atomic E-state index is 11.8. The zero-order chi connectivity index (χ0) is 32.2. The molecule has 0 heterocycles. The summed E-state index contributed by atoms with van der Waals surface area (Å²) in [5.74, 6) is 0.222. The maximum Gasteiger partial charge on any atom is 0.299 e. The molecule has 0 bridgehead atoms. The summed E-state index contributed by atoms with van der Waals surface area (Å²) in [6, 6.07) is 1.41. The van der Waals surface area contributed by atoms with Gasteiger partial charge in [-0.05, 0) is 36.8 Å². The zero-order valence-corrected chi connectivity index (χ0v) is 31.4. The number of aliphatic hydroxyl groups is 5. The third-order valence-electron chi connectivity index (χ3n) is 8.83. The van der Waals surface area contributed by atoms with Crippen LogP contribution in [0.1, 0.15) is 77.6 Å². The van der Waals surface area contributed by atoms with Crippen molar-refractivity contribution in [2.24, 2.45) is 5.92 Å². The minimum Gasteiger partial charge on any atom is -0.392 e. The molecule has 7 N–H and O–H groups in total. The number of non-ortho nitro benzene ring substituents is 1. The van der Waals surface area contributed by atoms with Crippen LogP contribution in [0.5, 0.6) is 0 Å². The van der Waals surface area contributed by atoms with Gasteiger partial charge in [-0.25, -0.2) is 0 Å². The SMILES string of the molecule is CC1CCCCCCCCCCC/C1=C/[C@@H](O)C(CNC1C=C(CO)C(O)C(O)[C@H]1O)Nc1ccc([N+](=O)[O-])cc1[N+](=O)[O-].S.S.S.S. The molecule has 0 amide bonds. The van der Waals surface area contributed by atoms with Gasteiger partial charge in [-0.15, -0.1) is 0 Å². The number of nitro benzene ring substituents is 2. The second-order valence-electron chi connectivity index (χ2n) is 12.1. The Labute approximate surface area is 310 Å². The topological polar surface area (TPSA) is 211 Å². The summed E-state index contributed by atoms with van der Waals surface area (Å²) in [6.07, 6.45) is 9.84. The average molecular weight is 757 g/mol. The van der Waals surface area contributed by atoms with Crippen LogP contribution < -0.4 is 10.6 Å². The Morgan fingerprint density at radius 2 is 1.48 bits per heavy atom. The lowest BCUT2D eigenvalue weighted by Crippen LogP contribution is -2.56. The van der Waals surface area contributed by atoms with Crippen molar-refractivity contribution in [3.05, 3.63) is 61.7 Å². The molecule has 0 spiro atoms. The van der Waals surface area contributed by atoms with E-state index in [1.54, 1.807) is 6.08 Å². The largest absolute Gasteiger partial charge is 0.392 e. The molecule has 0 aliphatic heterocycles. The van der Waals surface area contributed by atoms with Gasteiger partial charge in [-0.2, -0.15) is 54.0 Å². The highest BCUT2D eigenvalue weighted by molar-refractivity contribution is 7.59. The molecule has 17 heteroatoms. The Balaban J connectivity index is 0. The Hall–Kier alpha value is -1.54. The summed E-state index contributed by atoms with van der Waals surface area (Å²) in [6.45, 7) is 1.55. The Morgan fingerprint density at radius 1 is 0.896 bits per heavy atom. The molecule has 5 unspecified atom stereocenters. The van der Waals surface area contributed by atoms with Crippen molar-refractivity contribution in [2.45, 2.75) is 114 Å². The van der Waals surface area contributed by atoms with Gasteiger partial charge in [0.2, 0.25) is 0 Å². The van der Waals surface area contributed by atoms with E-state index in [0.717, 1.165) is 62.7 Å². The number of nitro groups is 2. The van der Waals surface area contributed by atoms with Gasteiger partial charge in [0.15, 0.2) is 0 Å². The van der Waals surface area contributed by atoms with Gasteiger partial charge in [0.25, 0.3) is 11.4 Å². The molecule has 3 rings (SSSR count). The molecule has 0 radical (unpaired) electrons. The molecule has 0 saturated heterocycles. The molecule has 0 aromatic heterocycles. The van der Waals surface area contributed by atoms with Gasteiger partial charge >= 0.3 is 0 Å². The average Bonchev–Trinajstić information content (AvgIpc) is 3.02. The van der Waals surface area contributed by atoms with E-state index in [1.807, 2.05) is 0 Å². The molecule has 2 aliphatic carbocycles. The van der Waals surface area contributed by atoms with Gasteiger partial charge in [0.05, 0.1) is 40.7 Å². The van der Waals surface area contributed by atoms with E-state index in [9.17, 15) is 45.8 Å². The van der Waals surface area contributed by atoms with Crippen LogP contribution in [0.25, 0.3) is 0 Å². The Bertz CT molecular complexity index is 1180. The van der Waals surface area contributed by atoms with Crippen LogP contribution >= 0.6 is 54.0 Å². The van der Waals surface area contributed by atoms with Crippen molar-refractivity contribution in [3.63, 3.8) is 0 Å². The second kappa shape index (κ2) is 24.6. The quantitative estimate of drug-likeness (QED) is 0.103. The normalized spacial score (nSPS) is 25.8. The predicted molar refractivity (Wildman–Crippen MR) is 208 cm³/mol. The number of allylic oxidation sites excluding steroid dienone is 1. The third-order valence-corrected chi connectivity index (χ3v) is 8.83. The second-order valence-corrected chi connectivity index (χ2v) is 12.1. The third kappa shape index (κ3) is 14.4. The van der Waals surface area contributed by atoms with Gasteiger partial charge in [0, 0.05) is 12.6 Å². The number of nitrogens with zero attached hydrogens (tertiary/aromatic N) is 2. The van der Waals surface area contributed by atoms with E-state index >= 15 is 0 Å². The fraction of sp³-hybridized carbons (Fsp3) is 0.677. The smallest absolute Gasteiger partial charge is 0.299 e. The number of rotatable bonds is 10. The van der Waals surface area contributed by atoms with Crippen molar-refractivity contribution in [3.8, 4) is 0 Å². The number of anilines is 1. The van der Waals surface area contributed by atoms with Crippen LogP contribution in [0.3, 0.4) is 0 Å². The number of nitrogens with one attached hydrogen (secondary N) is 2. The lowest BCUT2D eigenvalue weighted by Gasteiger charge is -2.36. The molecule has 1 fully saturated rings. The molecule has 1 saturated carbocycles. The minimum atomic E-state index is -1.56. The summed E-state index contributed by atoms with van der Waals surface area (Å²) < 4.78 is 0. The van der Waals surface area contributed by atoms with E-state index in [4.69, 9.17) is 0 Å². The molecule has 1 aromatic carbocycles. The molecule has 13 nitrogen and oxygen atoms in total. The highest BCUT2D eigenvalue weighted by Crippen LogP contribution is 2.31. The van der Waals surface area contributed by atoms with Crippen molar-refractivity contribution in [1.82, 2.24) is 5.32 Å². The highest BCUT2D eigenvalue weighted by atomic mass is 32.1. The Morgan fingerprint density at radius 3 is 2.04 bits per heavy atom. The van der Waals surface area contributed by atoms with Gasteiger partial charge in [-0.1, -0.05) is 76.0 Å². The van der Waals surface area contributed by atoms with Crippen molar-refractivity contribution >= 4 is 71.0 Å². The monoisotopic (exact) mass is 756 g/mol. The summed E-state index contributed by atoms with van der Waals surface area (Å²) in [5, 5.41) is 81.3. The first-order valence-corrected chi connectivity index (χ1v) is 15.7. The molecular weight excluding hydrogens is 701 g/mol. The Kier molecular flexibility index (Phi) is 24.9. The van der Waals surface area contributed by atoms with Crippen molar-refractivity contribution in [1.29, 1.82) is 0 Å². The van der Waals surface area contributed by atoms with Crippen LogP contribution in [0.15, 0.2) is 41.5 Å². The van der Waals surface area contributed by atoms with E-state index in [2.05, 4.69) is 17.6 Å². The zero-order valence-electron chi connectivity index (χ0n) is 27.4. The summed E-state index contributed by atoms with van der Waals surface area (Å²) in [7, 11) is 0. The predicted octanol–water partition coefficient (Wildman–Crippen LogP) is 3.94. The molecule has 1 aromatic rings. The van der Waals surface area contributed by atoms with Gasteiger partial charge < -0.3 is 36.2 Å². The number of hydrogen-bond acceptors (Lipinski definition) is 11. The van der Waals surface area contributed by atoms with E-state index in [0.29, 0.717) is 0 Å². The molecular formula is C31H56N4O9S4. The van der Waals surface area contributed by atoms with Crippen LogP contribution in [-0.4, -0.2) is 85.0 Å². The van der Waals surface area contributed by atoms with Crippen LogP contribution in [0.2, 0.25) is 0 Å². The van der Waals surface area contributed by atoms with Crippen LogP contribution in [0, 0.1) is 26.1 Å². The van der Waals surface area contributed by atoms with E-state index in [-0.39, 0.29) is 77.7 Å².